The van der Waals surface area contributed by atoms with Crippen LogP contribution < -0.4 is 9.84 Å². The first kappa shape index (κ1) is 24.1. The molecule has 2 aromatic carbocycles. The van der Waals surface area contributed by atoms with Crippen molar-refractivity contribution in [2.75, 3.05) is 17.2 Å². The zero-order valence-corrected chi connectivity index (χ0v) is 19.3. The molecule has 0 saturated carbocycles. The van der Waals surface area contributed by atoms with E-state index in [1.54, 1.807) is 42.5 Å². The molecule has 0 spiro atoms. The fourth-order valence-corrected chi connectivity index (χ4v) is 3.52. The number of aromatic hydroxyl groups is 1. The number of phenols is 1. The van der Waals surface area contributed by atoms with Gasteiger partial charge in [-0.05, 0) is 48.2 Å². The van der Waals surface area contributed by atoms with Crippen molar-refractivity contribution in [3.8, 4) is 5.75 Å². The van der Waals surface area contributed by atoms with E-state index >= 15 is 0 Å². The van der Waals surface area contributed by atoms with Crippen LogP contribution in [-0.2, 0) is 49.2 Å². The van der Waals surface area contributed by atoms with E-state index < -0.39 is 16.1 Å². The molecule has 2 rings (SSSR count). The molecule has 0 aliphatic rings. The third-order valence-corrected chi connectivity index (χ3v) is 4.99. The summed E-state index contributed by atoms with van der Waals surface area (Å²) in [5.74, 6) is 0.184. The van der Waals surface area contributed by atoms with Gasteiger partial charge in [-0.25, -0.2) is 18.3 Å². The largest absolute Gasteiger partial charge is 0.508 e. The summed E-state index contributed by atoms with van der Waals surface area (Å²) >= 11 is 0. The number of hydrogen-bond donors (Lipinski definition) is 3. The molecule has 145 valence electrons. The number of sulfonamides is 1. The first-order valence-corrected chi connectivity index (χ1v) is 10.5. The minimum atomic E-state index is -3.51. The molecule has 6 nitrogen and oxygen atoms in total. The molecule has 1 unspecified atom stereocenters. The number of nitrogens with zero attached hydrogens (tertiary/aromatic N) is 1. The van der Waals surface area contributed by atoms with Crippen molar-refractivity contribution >= 4 is 15.7 Å². The molecule has 2 aromatic rings. The van der Waals surface area contributed by atoms with Crippen LogP contribution in [0.25, 0.3) is 0 Å². The Hall–Kier alpha value is -0.986. The predicted molar refractivity (Wildman–Crippen MR) is 103 cm³/mol. The van der Waals surface area contributed by atoms with E-state index in [2.05, 4.69) is 5.43 Å². The number of hydrazine groups is 1. The van der Waals surface area contributed by atoms with Crippen LogP contribution in [0.5, 0.6) is 5.75 Å². The molecule has 0 fully saturated rings. The van der Waals surface area contributed by atoms with Gasteiger partial charge in [0.05, 0.1) is 18.0 Å². The first-order valence-electron chi connectivity index (χ1n) is 8.61. The smallest absolute Gasteiger partial charge is 0.245 e. The van der Waals surface area contributed by atoms with Gasteiger partial charge in [-0.3, -0.25) is 0 Å². The van der Waals surface area contributed by atoms with Crippen molar-refractivity contribution < 1.29 is 51.3 Å². The Morgan fingerprint density at radius 1 is 1.15 bits per heavy atom. The SMILES string of the molecule is CCCC(O)c1ccc(N(NCCc2cccc(O)c2)S(C)(=O)=O)cc1.[Y]. The summed E-state index contributed by atoms with van der Waals surface area (Å²) in [5, 5.41) is 19.5. The van der Waals surface area contributed by atoms with Crippen LogP contribution in [-0.4, -0.2) is 31.4 Å². The van der Waals surface area contributed by atoms with Crippen LogP contribution in [0.2, 0.25) is 0 Å². The summed E-state index contributed by atoms with van der Waals surface area (Å²) in [7, 11) is -3.51. The zero-order valence-electron chi connectivity index (χ0n) is 15.7. The molecule has 27 heavy (non-hydrogen) atoms. The quantitative estimate of drug-likeness (QED) is 0.494. The van der Waals surface area contributed by atoms with Crippen molar-refractivity contribution in [2.45, 2.75) is 32.3 Å². The van der Waals surface area contributed by atoms with Gasteiger partial charge in [-0.2, -0.15) is 0 Å². The standard InChI is InChI=1S/C19H26N2O4S.Y/c1-3-5-19(23)16-8-10-17(11-9-16)21(26(2,24)25)20-13-12-15-6-4-7-18(22)14-15;/h4,6-11,14,19-20,22-23H,3,5,12-13H2,1-2H3;. The maximum atomic E-state index is 12.1. The van der Waals surface area contributed by atoms with Gasteiger partial charge in [0.2, 0.25) is 10.0 Å². The Balaban J connectivity index is 0.00000364. The molecule has 8 heteroatoms. The molecule has 0 amide bonds. The molecular weight excluding hydrogens is 441 g/mol. The summed E-state index contributed by atoms with van der Waals surface area (Å²) in [6.45, 7) is 2.39. The van der Waals surface area contributed by atoms with Gasteiger partial charge < -0.3 is 10.2 Å². The van der Waals surface area contributed by atoms with Crippen molar-refractivity contribution in [3.05, 3.63) is 59.7 Å². The van der Waals surface area contributed by atoms with E-state index in [1.165, 1.54) is 0 Å². The van der Waals surface area contributed by atoms with E-state index in [9.17, 15) is 18.6 Å². The average molecular weight is 467 g/mol. The van der Waals surface area contributed by atoms with E-state index in [1.807, 2.05) is 13.0 Å². The van der Waals surface area contributed by atoms with Gasteiger partial charge in [0.15, 0.2) is 0 Å². The molecular formula is C19H26N2O4SY. The minimum Gasteiger partial charge on any atom is -0.508 e. The summed E-state index contributed by atoms with van der Waals surface area (Å²) in [4.78, 5) is 0. The summed E-state index contributed by atoms with van der Waals surface area (Å²) in [5.41, 5.74) is 5.08. The predicted octanol–water partition coefficient (Wildman–Crippen LogP) is 2.74. The second-order valence-corrected chi connectivity index (χ2v) is 8.08. The molecule has 0 aliphatic carbocycles. The first-order chi connectivity index (χ1) is 12.3. The fourth-order valence-electron chi connectivity index (χ4n) is 2.69. The maximum Gasteiger partial charge on any atom is 0.245 e. The number of aliphatic hydroxyl groups is 1. The average Bonchev–Trinajstić information content (AvgIpc) is 2.58. The number of anilines is 1. The number of nitrogens with one attached hydrogen (secondary N) is 1. The Labute approximate surface area is 186 Å². The van der Waals surface area contributed by atoms with E-state index in [0.29, 0.717) is 25.1 Å². The third-order valence-electron chi connectivity index (χ3n) is 3.99. The van der Waals surface area contributed by atoms with Gasteiger partial charge in [-0.15, -0.1) is 0 Å². The second kappa shape index (κ2) is 11.1. The van der Waals surface area contributed by atoms with Crippen LogP contribution in [0.3, 0.4) is 0 Å². The topological polar surface area (TPSA) is 89.9 Å². The Morgan fingerprint density at radius 2 is 1.81 bits per heavy atom. The normalized spacial score (nSPS) is 12.3. The fraction of sp³-hybridized carbons (Fsp3) is 0.368. The molecule has 1 radical (unpaired) electrons. The number of benzene rings is 2. The van der Waals surface area contributed by atoms with Crippen molar-refractivity contribution in [3.63, 3.8) is 0 Å². The Bertz CT molecular complexity index is 813. The monoisotopic (exact) mass is 467 g/mol. The van der Waals surface area contributed by atoms with E-state index in [-0.39, 0.29) is 38.5 Å². The zero-order chi connectivity index (χ0) is 19.2. The van der Waals surface area contributed by atoms with Gasteiger partial charge >= 0.3 is 0 Å². The molecule has 1 atom stereocenters. The number of rotatable bonds is 9. The van der Waals surface area contributed by atoms with Crippen LogP contribution in [0, 0.1) is 0 Å². The van der Waals surface area contributed by atoms with Crippen LogP contribution in [0.1, 0.15) is 37.0 Å². The molecule has 0 heterocycles. The summed E-state index contributed by atoms with van der Waals surface area (Å²) in [6.07, 6.45) is 2.69. The van der Waals surface area contributed by atoms with E-state index in [4.69, 9.17) is 0 Å². The van der Waals surface area contributed by atoms with Crippen LogP contribution in [0.15, 0.2) is 48.5 Å². The Kier molecular flexibility index (Phi) is 9.91. The molecule has 0 saturated heterocycles. The maximum absolute atomic E-state index is 12.1. The van der Waals surface area contributed by atoms with Crippen molar-refractivity contribution in [2.24, 2.45) is 0 Å². The summed E-state index contributed by atoms with van der Waals surface area (Å²) in [6, 6.07) is 13.7. The number of aliphatic hydroxyl groups excluding tert-OH is 1. The number of hydrogen-bond acceptors (Lipinski definition) is 5. The molecule has 0 aromatic heterocycles. The van der Waals surface area contributed by atoms with Gasteiger partial charge in [0, 0.05) is 39.3 Å². The van der Waals surface area contributed by atoms with Crippen LogP contribution in [0.4, 0.5) is 5.69 Å². The molecule has 0 aliphatic heterocycles. The minimum absolute atomic E-state index is 0. The third kappa shape index (κ3) is 7.51. The van der Waals surface area contributed by atoms with E-state index in [0.717, 1.165) is 28.2 Å². The van der Waals surface area contributed by atoms with Crippen molar-refractivity contribution in [1.82, 2.24) is 5.43 Å². The van der Waals surface area contributed by atoms with Crippen molar-refractivity contribution in [1.29, 1.82) is 0 Å². The Morgan fingerprint density at radius 3 is 2.37 bits per heavy atom. The summed E-state index contributed by atoms with van der Waals surface area (Å²) < 4.78 is 25.4. The second-order valence-electron chi connectivity index (χ2n) is 6.25. The molecule has 3 N–H and O–H groups in total. The van der Waals surface area contributed by atoms with Crippen LogP contribution >= 0.6 is 0 Å². The molecule has 0 bridgehead atoms. The van der Waals surface area contributed by atoms with Gasteiger partial charge in [0.25, 0.3) is 0 Å². The van der Waals surface area contributed by atoms with Gasteiger partial charge in [0.1, 0.15) is 5.75 Å². The van der Waals surface area contributed by atoms with Gasteiger partial charge in [-0.1, -0.05) is 37.6 Å². The number of phenolic OH excluding ortho intramolecular Hbond substituents is 1.